The van der Waals surface area contributed by atoms with Gasteiger partial charge in [0.2, 0.25) is 0 Å². The van der Waals surface area contributed by atoms with Crippen LogP contribution in [0.4, 0.5) is 0 Å². The second-order valence-electron chi connectivity index (χ2n) is 5.78. The van der Waals surface area contributed by atoms with Gasteiger partial charge < -0.3 is 10.5 Å². The van der Waals surface area contributed by atoms with E-state index >= 15 is 0 Å². The molecule has 22 heavy (non-hydrogen) atoms. The van der Waals surface area contributed by atoms with Crippen molar-refractivity contribution >= 4 is 0 Å². The molecule has 0 amide bonds. The van der Waals surface area contributed by atoms with Gasteiger partial charge in [-0.3, -0.25) is 0 Å². The highest BCUT2D eigenvalue weighted by atomic mass is 16.5. The van der Waals surface area contributed by atoms with Crippen LogP contribution >= 0.6 is 0 Å². The molecule has 1 unspecified atom stereocenters. The Morgan fingerprint density at radius 2 is 1.91 bits per heavy atom. The topological polar surface area (TPSA) is 35.2 Å². The fraction of sp³-hybridized carbons (Fsp3) is 0.400. The van der Waals surface area contributed by atoms with Gasteiger partial charge in [-0.1, -0.05) is 43.3 Å². The maximum absolute atomic E-state index is 5.96. The summed E-state index contributed by atoms with van der Waals surface area (Å²) in [6, 6.07) is 16.9. The van der Waals surface area contributed by atoms with Crippen molar-refractivity contribution in [1.82, 2.24) is 0 Å². The smallest absolute Gasteiger partial charge is 0.119 e. The van der Waals surface area contributed by atoms with Gasteiger partial charge in [0.1, 0.15) is 5.75 Å². The summed E-state index contributed by atoms with van der Waals surface area (Å²) in [5, 5.41) is 0. The zero-order valence-corrected chi connectivity index (χ0v) is 13.7. The van der Waals surface area contributed by atoms with Gasteiger partial charge in [0.05, 0.1) is 6.61 Å². The minimum atomic E-state index is 0.423. The molecular formula is C20H27NO. The number of hydrogen-bond donors (Lipinski definition) is 1. The number of nitrogens with two attached hydrogens (primary N) is 1. The van der Waals surface area contributed by atoms with Crippen molar-refractivity contribution < 1.29 is 4.74 Å². The van der Waals surface area contributed by atoms with Crippen LogP contribution in [0, 0.1) is 6.92 Å². The lowest BCUT2D eigenvalue weighted by molar-refractivity contribution is 0.301. The van der Waals surface area contributed by atoms with Crippen LogP contribution in [-0.4, -0.2) is 13.2 Å². The van der Waals surface area contributed by atoms with E-state index in [4.69, 9.17) is 10.5 Å². The highest BCUT2D eigenvalue weighted by molar-refractivity contribution is 5.30. The van der Waals surface area contributed by atoms with Crippen molar-refractivity contribution in [1.29, 1.82) is 0 Å². The average Bonchev–Trinajstić information content (AvgIpc) is 2.56. The van der Waals surface area contributed by atoms with E-state index in [0.29, 0.717) is 12.5 Å². The quantitative estimate of drug-likeness (QED) is 0.730. The number of hydrogen-bond acceptors (Lipinski definition) is 2. The molecule has 0 saturated heterocycles. The Labute approximate surface area is 134 Å². The molecule has 2 aromatic carbocycles. The minimum Gasteiger partial charge on any atom is -0.494 e. The van der Waals surface area contributed by atoms with Gasteiger partial charge in [0.15, 0.2) is 0 Å². The summed E-state index contributed by atoms with van der Waals surface area (Å²) in [6.45, 7) is 5.75. The van der Waals surface area contributed by atoms with Crippen LogP contribution in [0.3, 0.4) is 0 Å². The van der Waals surface area contributed by atoms with Crippen molar-refractivity contribution in [2.45, 2.75) is 39.0 Å². The van der Waals surface area contributed by atoms with Gasteiger partial charge in [-0.25, -0.2) is 0 Å². The van der Waals surface area contributed by atoms with E-state index in [-0.39, 0.29) is 0 Å². The molecule has 0 bridgehead atoms. The van der Waals surface area contributed by atoms with Crippen molar-refractivity contribution in [2.24, 2.45) is 5.73 Å². The van der Waals surface area contributed by atoms with E-state index in [9.17, 15) is 0 Å². The van der Waals surface area contributed by atoms with E-state index in [2.05, 4.69) is 56.3 Å². The van der Waals surface area contributed by atoms with Crippen LogP contribution in [0.15, 0.2) is 48.5 Å². The SMILES string of the molecule is CCc1cccc(OCCCC(CN)c2ccccc2C)c1. The Kier molecular flexibility index (Phi) is 6.47. The van der Waals surface area contributed by atoms with Crippen molar-refractivity contribution in [3.05, 3.63) is 65.2 Å². The van der Waals surface area contributed by atoms with Crippen LogP contribution < -0.4 is 10.5 Å². The van der Waals surface area contributed by atoms with Crippen molar-refractivity contribution in [3.63, 3.8) is 0 Å². The van der Waals surface area contributed by atoms with E-state index in [1.807, 2.05) is 6.07 Å². The lowest BCUT2D eigenvalue weighted by atomic mass is 9.91. The summed E-state index contributed by atoms with van der Waals surface area (Å²) in [5.74, 6) is 1.39. The Hall–Kier alpha value is -1.80. The van der Waals surface area contributed by atoms with Gasteiger partial charge in [0, 0.05) is 0 Å². The number of ether oxygens (including phenoxy) is 1. The molecule has 2 N–H and O–H groups in total. The second kappa shape index (κ2) is 8.60. The van der Waals surface area contributed by atoms with Gasteiger partial charge in [-0.15, -0.1) is 0 Å². The molecule has 1 atom stereocenters. The van der Waals surface area contributed by atoms with Crippen molar-refractivity contribution in [2.75, 3.05) is 13.2 Å². The third-order valence-electron chi connectivity index (χ3n) is 4.19. The largest absolute Gasteiger partial charge is 0.494 e. The number of benzene rings is 2. The van der Waals surface area contributed by atoms with Gasteiger partial charge >= 0.3 is 0 Å². The highest BCUT2D eigenvalue weighted by Crippen LogP contribution is 2.23. The fourth-order valence-corrected chi connectivity index (χ4v) is 2.82. The Morgan fingerprint density at radius 3 is 2.64 bits per heavy atom. The summed E-state index contributed by atoms with van der Waals surface area (Å²) in [6.07, 6.45) is 3.13. The summed E-state index contributed by atoms with van der Waals surface area (Å²) < 4.78 is 5.87. The molecule has 2 heteroatoms. The first-order valence-electron chi connectivity index (χ1n) is 8.22. The van der Waals surface area contributed by atoms with Gasteiger partial charge in [0.25, 0.3) is 0 Å². The van der Waals surface area contributed by atoms with Crippen LogP contribution in [0.1, 0.15) is 42.4 Å². The molecular weight excluding hydrogens is 270 g/mol. The molecule has 2 nitrogen and oxygen atoms in total. The fourth-order valence-electron chi connectivity index (χ4n) is 2.82. The second-order valence-corrected chi connectivity index (χ2v) is 5.78. The molecule has 0 saturated carbocycles. The maximum atomic E-state index is 5.96. The molecule has 0 aliphatic rings. The zero-order chi connectivity index (χ0) is 15.8. The number of rotatable bonds is 8. The molecule has 2 rings (SSSR count). The summed E-state index contributed by atoms with van der Waals surface area (Å²) in [4.78, 5) is 0. The van der Waals surface area contributed by atoms with Crippen molar-refractivity contribution in [3.8, 4) is 5.75 Å². The lowest BCUT2D eigenvalue weighted by Gasteiger charge is -2.17. The third kappa shape index (κ3) is 4.60. The van der Waals surface area contributed by atoms with E-state index < -0.39 is 0 Å². The first-order valence-corrected chi connectivity index (χ1v) is 8.22. The van der Waals surface area contributed by atoms with Crippen LogP contribution in [0.2, 0.25) is 0 Å². The molecule has 0 heterocycles. The summed E-state index contributed by atoms with van der Waals surface area (Å²) in [7, 11) is 0. The Bertz CT molecular complexity index is 579. The Balaban J connectivity index is 1.83. The monoisotopic (exact) mass is 297 g/mol. The summed E-state index contributed by atoms with van der Waals surface area (Å²) in [5.41, 5.74) is 9.98. The van der Waals surface area contributed by atoms with Crippen LogP contribution in [-0.2, 0) is 6.42 Å². The number of aryl methyl sites for hydroxylation is 2. The zero-order valence-electron chi connectivity index (χ0n) is 13.7. The Morgan fingerprint density at radius 1 is 1.09 bits per heavy atom. The molecule has 0 radical (unpaired) electrons. The standard InChI is InChI=1S/C20H27NO/c1-3-17-9-6-11-19(14-17)22-13-7-10-18(15-21)20-12-5-4-8-16(20)2/h4-6,8-9,11-12,14,18H,3,7,10,13,15,21H2,1-2H3. The molecule has 0 fully saturated rings. The maximum Gasteiger partial charge on any atom is 0.119 e. The molecule has 2 aromatic rings. The normalized spacial score (nSPS) is 12.1. The molecule has 0 spiro atoms. The molecule has 0 aromatic heterocycles. The average molecular weight is 297 g/mol. The molecule has 0 aliphatic heterocycles. The highest BCUT2D eigenvalue weighted by Gasteiger charge is 2.11. The van der Waals surface area contributed by atoms with Gasteiger partial charge in [-0.2, -0.15) is 0 Å². The first kappa shape index (κ1) is 16.6. The van der Waals surface area contributed by atoms with E-state index in [1.54, 1.807) is 0 Å². The lowest BCUT2D eigenvalue weighted by Crippen LogP contribution is -2.14. The summed E-state index contributed by atoms with van der Waals surface area (Å²) >= 11 is 0. The predicted octanol–water partition coefficient (Wildman–Crippen LogP) is 4.46. The molecule has 118 valence electrons. The predicted molar refractivity (Wildman–Crippen MR) is 93.5 cm³/mol. The van der Waals surface area contributed by atoms with Gasteiger partial charge in [-0.05, 0) is 67.5 Å². The first-order chi connectivity index (χ1) is 10.7. The minimum absolute atomic E-state index is 0.423. The third-order valence-corrected chi connectivity index (χ3v) is 4.19. The van der Waals surface area contributed by atoms with E-state index in [1.165, 1.54) is 16.7 Å². The van der Waals surface area contributed by atoms with E-state index in [0.717, 1.165) is 31.6 Å². The van der Waals surface area contributed by atoms with Crippen LogP contribution in [0.5, 0.6) is 5.75 Å². The van der Waals surface area contributed by atoms with Crippen LogP contribution in [0.25, 0.3) is 0 Å². The molecule has 0 aliphatic carbocycles.